The van der Waals surface area contributed by atoms with Crippen molar-refractivity contribution in [3.05, 3.63) is 52.5 Å². The molecule has 2 aromatic heterocycles. The highest BCUT2D eigenvalue weighted by molar-refractivity contribution is 6.32. The van der Waals surface area contributed by atoms with Gasteiger partial charge in [0.05, 0.1) is 25.1 Å². The molecule has 1 aromatic carbocycles. The van der Waals surface area contributed by atoms with Crippen LogP contribution in [0.25, 0.3) is 0 Å². The average molecular weight is 470 g/mol. The third kappa shape index (κ3) is 5.73. The lowest BCUT2D eigenvalue weighted by Crippen LogP contribution is -2.26. The maximum atomic E-state index is 10.7. The smallest absolute Gasteiger partial charge is 0.222 e. The summed E-state index contributed by atoms with van der Waals surface area (Å²) < 4.78 is 16.7. The van der Waals surface area contributed by atoms with Crippen molar-refractivity contribution in [1.29, 1.82) is 0 Å². The summed E-state index contributed by atoms with van der Waals surface area (Å²) in [6.07, 6.45) is 3.04. The molecular weight excluding hydrogens is 446 g/mol. The molecule has 0 saturated carbocycles. The summed E-state index contributed by atoms with van der Waals surface area (Å²) >= 11 is 6.24. The zero-order valence-electron chi connectivity index (χ0n) is 18.3. The number of rotatable bonds is 5. The number of nitrogen functional groups attached to an aromatic ring is 1. The summed E-state index contributed by atoms with van der Waals surface area (Å²) in [5.74, 6) is 7.46. The van der Waals surface area contributed by atoms with Crippen molar-refractivity contribution in [2.45, 2.75) is 38.4 Å². The number of aromatic nitrogens is 3. The third-order valence-electron chi connectivity index (χ3n) is 5.03. The SMILES string of the molecule is Cc1cc(C(C)(O)C#Cc2ccc(OC3CCOCC3)c(Nc3nc(N)ncc3Cl)c2)no1. The van der Waals surface area contributed by atoms with Crippen LogP contribution in [-0.4, -0.2) is 39.5 Å². The molecule has 1 aliphatic heterocycles. The molecule has 1 fully saturated rings. The number of aryl methyl sites for hydroxylation is 1. The Morgan fingerprint density at radius 1 is 1.30 bits per heavy atom. The molecule has 10 heteroatoms. The van der Waals surface area contributed by atoms with Crippen LogP contribution in [0, 0.1) is 18.8 Å². The fraction of sp³-hybridized carbons (Fsp3) is 0.348. The molecule has 4 N–H and O–H groups in total. The predicted molar refractivity (Wildman–Crippen MR) is 123 cm³/mol. The predicted octanol–water partition coefficient (Wildman–Crippen LogP) is 3.57. The number of hydrogen-bond acceptors (Lipinski definition) is 9. The Hall–Kier alpha value is -3.32. The van der Waals surface area contributed by atoms with Crippen LogP contribution in [0.1, 0.15) is 36.8 Å². The van der Waals surface area contributed by atoms with Crippen molar-refractivity contribution in [2.24, 2.45) is 0 Å². The van der Waals surface area contributed by atoms with Gasteiger partial charge in [-0.2, -0.15) is 4.98 Å². The number of nitrogens with one attached hydrogen (secondary N) is 1. The largest absolute Gasteiger partial charge is 0.488 e. The molecule has 172 valence electrons. The van der Waals surface area contributed by atoms with Crippen LogP contribution in [0.5, 0.6) is 5.75 Å². The van der Waals surface area contributed by atoms with Crippen LogP contribution in [0.4, 0.5) is 17.5 Å². The van der Waals surface area contributed by atoms with Gasteiger partial charge in [0.2, 0.25) is 5.95 Å². The second kappa shape index (κ2) is 9.67. The van der Waals surface area contributed by atoms with Crippen molar-refractivity contribution < 1.29 is 19.1 Å². The lowest BCUT2D eigenvalue weighted by molar-refractivity contribution is 0.0258. The molecular formula is C23H24ClN5O4. The van der Waals surface area contributed by atoms with Gasteiger partial charge in [0.15, 0.2) is 11.4 Å². The van der Waals surface area contributed by atoms with Crippen LogP contribution < -0.4 is 15.8 Å². The molecule has 1 atom stereocenters. The quantitative estimate of drug-likeness (QED) is 0.480. The number of anilines is 3. The van der Waals surface area contributed by atoms with E-state index in [1.807, 2.05) is 12.1 Å². The van der Waals surface area contributed by atoms with E-state index in [4.69, 9.17) is 31.3 Å². The molecule has 0 aliphatic carbocycles. The van der Waals surface area contributed by atoms with Gasteiger partial charge < -0.3 is 30.2 Å². The van der Waals surface area contributed by atoms with Gasteiger partial charge in [0.25, 0.3) is 0 Å². The topological polar surface area (TPSA) is 129 Å². The van der Waals surface area contributed by atoms with Crippen LogP contribution in [0.2, 0.25) is 5.02 Å². The second-order valence-electron chi connectivity index (χ2n) is 7.84. The Labute approximate surface area is 196 Å². The molecule has 33 heavy (non-hydrogen) atoms. The summed E-state index contributed by atoms with van der Waals surface area (Å²) in [7, 11) is 0. The fourth-order valence-electron chi connectivity index (χ4n) is 3.23. The number of ether oxygens (including phenoxy) is 2. The minimum atomic E-state index is -1.48. The standard InChI is InChI=1S/C23H24ClN5O4/c1-14-11-20(29-33-14)23(2,30)8-5-15-3-4-19(32-16-6-9-31-10-7-16)18(12-15)27-21-17(24)13-26-22(25)28-21/h3-4,11-13,16,30H,6-7,9-10H2,1-2H3,(H3,25,26,27,28). The first-order valence-corrected chi connectivity index (χ1v) is 10.8. The van der Waals surface area contributed by atoms with E-state index in [2.05, 4.69) is 32.3 Å². The lowest BCUT2D eigenvalue weighted by atomic mass is 10.0. The van der Waals surface area contributed by atoms with Crippen LogP contribution in [-0.2, 0) is 10.3 Å². The lowest BCUT2D eigenvalue weighted by Gasteiger charge is -2.25. The summed E-state index contributed by atoms with van der Waals surface area (Å²) in [5.41, 5.74) is 5.82. The van der Waals surface area contributed by atoms with Crippen molar-refractivity contribution in [3.8, 4) is 17.6 Å². The zero-order valence-corrected chi connectivity index (χ0v) is 19.0. The fourth-order valence-corrected chi connectivity index (χ4v) is 3.37. The highest BCUT2D eigenvalue weighted by Gasteiger charge is 2.24. The number of halogens is 1. The minimum Gasteiger partial charge on any atom is -0.488 e. The molecule has 0 bridgehead atoms. The van der Waals surface area contributed by atoms with E-state index in [1.54, 1.807) is 26.0 Å². The molecule has 1 aliphatic rings. The summed E-state index contributed by atoms with van der Waals surface area (Å²) in [6.45, 7) is 4.62. The molecule has 0 spiro atoms. The van der Waals surface area contributed by atoms with E-state index in [9.17, 15) is 5.11 Å². The first kappa shape index (κ1) is 22.9. The van der Waals surface area contributed by atoms with Crippen LogP contribution >= 0.6 is 11.6 Å². The van der Waals surface area contributed by atoms with Gasteiger partial charge in [-0.1, -0.05) is 28.6 Å². The first-order valence-electron chi connectivity index (χ1n) is 10.4. The van der Waals surface area contributed by atoms with E-state index >= 15 is 0 Å². The van der Waals surface area contributed by atoms with E-state index in [0.29, 0.717) is 52.5 Å². The van der Waals surface area contributed by atoms with E-state index in [1.165, 1.54) is 6.20 Å². The third-order valence-corrected chi connectivity index (χ3v) is 5.31. The Morgan fingerprint density at radius 2 is 2.09 bits per heavy atom. The first-order chi connectivity index (χ1) is 15.8. The van der Waals surface area contributed by atoms with Crippen molar-refractivity contribution in [1.82, 2.24) is 15.1 Å². The Morgan fingerprint density at radius 3 is 2.82 bits per heavy atom. The summed E-state index contributed by atoms with van der Waals surface area (Å²) in [5, 5.41) is 18.0. The number of nitrogens with zero attached hydrogens (tertiary/aromatic N) is 3. The second-order valence-corrected chi connectivity index (χ2v) is 8.24. The molecule has 1 saturated heterocycles. The van der Waals surface area contributed by atoms with Crippen molar-refractivity contribution >= 4 is 29.1 Å². The maximum absolute atomic E-state index is 10.7. The van der Waals surface area contributed by atoms with E-state index in [-0.39, 0.29) is 12.1 Å². The van der Waals surface area contributed by atoms with Gasteiger partial charge in [-0.25, -0.2) is 4.98 Å². The molecule has 4 rings (SSSR count). The Bertz CT molecular complexity index is 1200. The Balaban J connectivity index is 1.65. The number of nitrogens with two attached hydrogens (primary N) is 1. The highest BCUT2D eigenvalue weighted by atomic mass is 35.5. The van der Waals surface area contributed by atoms with Gasteiger partial charge in [-0.15, -0.1) is 0 Å². The molecule has 3 heterocycles. The maximum Gasteiger partial charge on any atom is 0.222 e. The van der Waals surface area contributed by atoms with Gasteiger partial charge in [-0.05, 0) is 32.0 Å². The summed E-state index contributed by atoms with van der Waals surface area (Å²) in [4.78, 5) is 8.05. The van der Waals surface area contributed by atoms with Crippen LogP contribution in [0.3, 0.4) is 0 Å². The number of benzene rings is 1. The molecule has 0 amide bonds. The van der Waals surface area contributed by atoms with Gasteiger partial charge in [0, 0.05) is 24.5 Å². The zero-order chi connectivity index (χ0) is 23.4. The number of aliphatic hydroxyl groups is 1. The van der Waals surface area contributed by atoms with Gasteiger partial charge >= 0.3 is 0 Å². The Kier molecular flexibility index (Phi) is 6.70. The molecule has 9 nitrogen and oxygen atoms in total. The molecule has 3 aromatic rings. The minimum absolute atomic E-state index is 0.0262. The van der Waals surface area contributed by atoms with Crippen molar-refractivity contribution in [2.75, 3.05) is 24.3 Å². The van der Waals surface area contributed by atoms with Crippen molar-refractivity contribution in [3.63, 3.8) is 0 Å². The monoisotopic (exact) mass is 469 g/mol. The molecule has 0 radical (unpaired) electrons. The average Bonchev–Trinajstić information content (AvgIpc) is 3.24. The highest BCUT2D eigenvalue weighted by Crippen LogP contribution is 2.33. The van der Waals surface area contributed by atoms with Gasteiger partial charge in [0.1, 0.15) is 28.3 Å². The summed E-state index contributed by atoms with van der Waals surface area (Å²) in [6, 6.07) is 7.07. The number of hydrogen-bond donors (Lipinski definition) is 3. The van der Waals surface area contributed by atoms with E-state index < -0.39 is 5.60 Å². The van der Waals surface area contributed by atoms with E-state index in [0.717, 1.165) is 12.8 Å². The molecule has 1 unspecified atom stereocenters. The van der Waals surface area contributed by atoms with Crippen LogP contribution in [0.15, 0.2) is 35.0 Å². The van der Waals surface area contributed by atoms with Gasteiger partial charge in [-0.3, -0.25) is 0 Å². The normalized spacial score (nSPS) is 15.9.